The molecular weight excluding hydrogens is 605 g/mol. The van der Waals surface area contributed by atoms with Crippen LogP contribution in [0.1, 0.15) is 87.1 Å². The Kier molecular flexibility index (Phi) is 8.90. The predicted molar refractivity (Wildman–Crippen MR) is 192 cm³/mol. The fourth-order valence-corrected chi connectivity index (χ4v) is 10.9. The third-order valence-corrected chi connectivity index (χ3v) is 13.0. The highest BCUT2D eigenvalue weighted by Gasteiger charge is 2.55. The molecule has 0 amide bonds. The van der Waals surface area contributed by atoms with Crippen LogP contribution >= 0.6 is 22.7 Å². The fraction of sp³-hybridized carbons (Fsp3) is 0.400. The molecule has 236 valence electrons. The molecule has 5 unspecified atom stereocenters. The van der Waals surface area contributed by atoms with Gasteiger partial charge in [0.15, 0.2) is 0 Å². The lowest BCUT2D eigenvalue weighted by Gasteiger charge is -2.33. The number of carbonyl (C=O) groups is 1. The number of benzene rings is 2. The first-order chi connectivity index (χ1) is 22.4. The number of anilines is 2. The molecule has 2 aromatic carbocycles. The molecular formula is C40H42N2O2S2. The van der Waals surface area contributed by atoms with Crippen molar-refractivity contribution in [2.75, 3.05) is 4.90 Å². The summed E-state index contributed by atoms with van der Waals surface area (Å²) in [7, 11) is 0. The number of fused-ring (bicyclic) bond motifs is 7. The minimum Gasteiger partial charge on any atom is -0.477 e. The zero-order valence-corrected chi connectivity index (χ0v) is 28.4. The van der Waals surface area contributed by atoms with E-state index in [4.69, 9.17) is 0 Å². The predicted octanol–water partition coefficient (Wildman–Crippen LogP) is 11.3. The van der Waals surface area contributed by atoms with E-state index in [9.17, 15) is 15.2 Å². The monoisotopic (exact) mass is 646 g/mol. The van der Waals surface area contributed by atoms with E-state index in [2.05, 4.69) is 79.4 Å². The second kappa shape index (κ2) is 13.2. The molecule has 3 aliphatic rings. The second-order valence-corrected chi connectivity index (χ2v) is 15.8. The van der Waals surface area contributed by atoms with Gasteiger partial charge >= 0.3 is 5.97 Å². The number of hydrogen-bond donors (Lipinski definition) is 1. The molecule has 2 aliphatic carbocycles. The van der Waals surface area contributed by atoms with E-state index in [1.807, 2.05) is 23.5 Å². The van der Waals surface area contributed by atoms with Gasteiger partial charge in [-0.3, -0.25) is 0 Å². The first kappa shape index (κ1) is 31.0. The van der Waals surface area contributed by atoms with Crippen LogP contribution in [0.2, 0.25) is 0 Å². The zero-order chi connectivity index (χ0) is 31.8. The highest BCUT2D eigenvalue weighted by atomic mass is 32.1. The average molecular weight is 647 g/mol. The number of aliphatic carboxylic acids is 1. The Hall–Kier alpha value is -3.66. The van der Waals surface area contributed by atoms with E-state index >= 15 is 0 Å². The smallest absolute Gasteiger partial charge is 0.346 e. The van der Waals surface area contributed by atoms with Gasteiger partial charge in [0, 0.05) is 42.8 Å². The molecule has 0 spiro atoms. The first-order valence-electron chi connectivity index (χ1n) is 17.0. The molecule has 5 atom stereocenters. The number of para-hydroxylation sites is 1. The maximum atomic E-state index is 11.5. The minimum absolute atomic E-state index is 0.233. The third-order valence-electron chi connectivity index (χ3n) is 10.6. The van der Waals surface area contributed by atoms with Gasteiger partial charge in [-0.2, -0.15) is 5.26 Å². The maximum absolute atomic E-state index is 11.5. The molecule has 4 nitrogen and oxygen atoms in total. The van der Waals surface area contributed by atoms with Gasteiger partial charge in [-0.1, -0.05) is 63.8 Å². The zero-order valence-electron chi connectivity index (χ0n) is 26.7. The van der Waals surface area contributed by atoms with Gasteiger partial charge < -0.3 is 10.0 Å². The summed E-state index contributed by atoms with van der Waals surface area (Å²) in [5, 5.41) is 18.7. The lowest BCUT2D eigenvalue weighted by atomic mass is 9.81. The van der Waals surface area contributed by atoms with Crippen molar-refractivity contribution in [2.24, 2.45) is 17.8 Å². The number of nitrogens with zero attached hydrogens (tertiary/aromatic N) is 2. The Labute approximate surface area is 281 Å². The molecule has 2 saturated carbocycles. The molecule has 46 heavy (non-hydrogen) atoms. The molecule has 0 radical (unpaired) electrons. The van der Waals surface area contributed by atoms with Gasteiger partial charge in [0.25, 0.3) is 0 Å². The van der Waals surface area contributed by atoms with Crippen LogP contribution < -0.4 is 4.90 Å². The van der Waals surface area contributed by atoms with Gasteiger partial charge in [-0.05, 0) is 115 Å². The van der Waals surface area contributed by atoms with Crippen LogP contribution in [-0.4, -0.2) is 17.1 Å². The third kappa shape index (κ3) is 5.85. The molecule has 1 aliphatic heterocycles. The Morgan fingerprint density at radius 1 is 1.02 bits per heavy atom. The number of hydrogen-bond acceptors (Lipinski definition) is 5. The molecule has 2 aromatic heterocycles. The van der Waals surface area contributed by atoms with Gasteiger partial charge in [0.05, 0.1) is 0 Å². The van der Waals surface area contributed by atoms with Crippen molar-refractivity contribution in [3.8, 4) is 26.3 Å². The topological polar surface area (TPSA) is 64.3 Å². The van der Waals surface area contributed by atoms with Gasteiger partial charge in [0.1, 0.15) is 11.6 Å². The van der Waals surface area contributed by atoms with Gasteiger partial charge in [-0.15, -0.1) is 22.7 Å². The van der Waals surface area contributed by atoms with E-state index in [-0.39, 0.29) is 5.57 Å². The summed E-state index contributed by atoms with van der Waals surface area (Å²) in [6, 6.07) is 27.1. The van der Waals surface area contributed by atoms with Crippen LogP contribution in [0.15, 0.2) is 72.3 Å². The Bertz CT molecular complexity index is 1790. The summed E-state index contributed by atoms with van der Waals surface area (Å²) in [5.41, 5.74) is 6.68. The molecule has 7 rings (SSSR count). The number of carboxylic acids is 1. The lowest BCUT2D eigenvalue weighted by molar-refractivity contribution is -0.132. The van der Waals surface area contributed by atoms with Crippen molar-refractivity contribution in [3.63, 3.8) is 0 Å². The molecule has 4 aromatic rings. The van der Waals surface area contributed by atoms with E-state index in [0.717, 1.165) is 40.3 Å². The molecule has 2 fully saturated rings. The quantitative estimate of drug-likeness (QED) is 0.0945. The van der Waals surface area contributed by atoms with Crippen molar-refractivity contribution in [1.82, 2.24) is 0 Å². The Balaban J connectivity index is 1.23. The highest BCUT2D eigenvalue weighted by Crippen LogP contribution is 2.62. The fourth-order valence-electron chi connectivity index (χ4n) is 8.57. The van der Waals surface area contributed by atoms with Crippen LogP contribution in [-0.2, 0) is 11.2 Å². The SMILES string of the molecule is CCCC(C)CCCCc1cc(-c2ccc3c(c2)C2C4CCC(C4)C2N3c2ccccc2)sc1-c1ccc(/C=C(\C#N)C(=O)O)s1. The molecule has 0 saturated heterocycles. The van der Waals surface area contributed by atoms with Crippen LogP contribution in [0.25, 0.3) is 26.3 Å². The van der Waals surface area contributed by atoms with E-state index in [0.29, 0.717) is 12.0 Å². The Morgan fingerprint density at radius 3 is 2.63 bits per heavy atom. The number of rotatable bonds is 12. The molecule has 3 heterocycles. The van der Waals surface area contributed by atoms with Crippen molar-refractivity contribution in [2.45, 2.75) is 83.6 Å². The largest absolute Gasteiger partial charge is 0.477 e. The minimum atomic E-state index is -1.19. The average Bonchev–Trinajstić information content (AvgIpc) is 3.89. The van der Waals surface area contributed by atoms with Crippen LogP contribution in [0, 0.1) is 29.1 Å². The van der Waals surface area contributed by atoms with Crippen LogP contribution in [0.3, 0.4) is 0 Å². The molecule has 2 bridgehead atoms. The molecule has 1 N–H and O–H groups in total. The van der Waals surface area contributed by atoms with E-state index in [1.165, 1.54) is 88.8 Å². The van der Waals surface area contributed by atoms with Crippen LogP contribution in [0.4, 0.5) is 11.4 Å². The summed E-state index contributed by atoms with van der Waals surface area (Å²) < 4.78 is 0. The van der Waals surface area contributed by atoms with Crippen LogP contribution in [0.5, 0.6) is 0 Å². The highest BCUT2D eigenvalue weighted by molar-refractivity contribution is 7.24. The summed E-state index contributed by atoms with van der Waals surface area (Å²) in [6.07, 6.45) is 12.8. The number of nitriles is 1. The number of carboxylic acid groups (broad SMARTS) is 1. The van der Waals surface area contributed by atoms with Crippen molar-refractivity contribution < 1.29 is 9.90 Å². The molecule has 6 heteroatoms. The van der Waals surface area contributed by atoms with E-state index < -0.39 is 5.97 Å². The normalized spacial score (nSPS) is 22.1. The Morgan fingerprint density at radius 2 is 1.85 bits per heavy atom. The number of unbranched alkanes of at least 4 members (excludes halogenated alkanes) is 1. The first-order valence-corrected chi connectivity index (χ1v) is 18.6. The van der Waals surface area contributed by atoms with Gasteiger partial charge in [-0.25, -0.2) is 4.79 Å². The summed E-state index contributed by atoms with van der Waals surface area (Å²) in [5.74, 6) is 1.75. The van der Waals surface area contributed by atoms with Crippen molar-refractivity contribution in [3.05, 3.63) is 88.3 Å². The lowest BCUT2D eigenvalue weighted by Crippen LogP contribution is -2.35. The summed E-state index contributed by atoms with van der Waals surface area (Å²) in [6.45, 7) is 4.64. The van der Waals surface area contributed by atoms with Crippen molar-refractivity contribution >= 4 is 46.1 Å². The van der Waals surface area contributed by atoms with Gasteiger partial charge in [0.2, 0.25) is 0 Å². The second-order valence-electron chi connectivity index (χ2n) is 13.6. The summed E-state index contributed by atoms with van der Waals surface area (Å²) in [4.78, 5) is 18.6. The standard InChI is InChI=1S/C40H42N2O2S2/c1-3-9-25(2)10-7-8-11-29-23-36(46-39(29)35-19-17-32(45-35)21-30(24-41)40(43)44)26-16-18-34-33(22-26)37-27-14-15-28(20-27)38(37)42(34)31-12-5-4-6-13-31/h4-6,12-13,16-19,21-23,25,27-28,37-38H,3,7-11,14-15,20H2,1-2H3,(H,43,44)/b30-21+. The number of aryl methyl sites for hydroxylation is 1. The number of thiophene rings is 2. The summed E-state index contributed by atoms with van der Waals surface area (Å²) >= 11 is 3.43. The van der Waals surface area contributed by atoms with Crippen molar-refractivity contribution in [1.29, 1.82) is 5.26 Å². The van der Waals surface area contributed by atoms with E-state index in [1.54, 1.807) is 11.3 Å². The maximum Gasteiger partial charge on any atom is 0.346 e.